The number of hydrogen-bond donors (Lipinski definition) is 4. The van der Waals surface area contributed by atoms with Crippen molar-refractivity contribution < 1.29 is 68.4 Å². The zero-order chi connectivity index (χ0) is 44.5. The predicted molar refractivity (Wildman–Crippen MR) is 214 cm³/mol. The molecule has 0 aliphatic carbocycles. The second-order valence-electron chi connectivity index (χ2n) is 16.9. The third kappa shape index (κ3) is 16.7. The minimum absolute atomic E-state index is 0.224. The lowest BCUT2D eigenvalue weighted by molar-refractivity contribution is -0.888. The summed E-state index contributed by atoms with van der Waals surface area (Å²) in [6, 6.07) is 20.0. The summed E-state index contributed by atoms with van der Waals surface area (Å²) in [6.45, 7) is 11.3. The Balaban J connectivity index is 0.000000389. The molecular weight excluding hydrogens is 748 g/mol. The summed E-state index contributed by atoms with van der Waals surface area (Å²) in [5.74, 6) is -3.87. The van der Waals surface area contributed by atoms with Gasteiger partial charge in [-0.05, 0) is 91.2 Å². The number of nitrogens with one attached hydrogen (secondary N) is 2. The number of rotatable bonds is 12. The van der Waals surface area contributed by atoms with E-state index in [9.17, 15) is 39.6 Å². The van der Waals surface area contributed by atoms with Gasteiger partial charge in [0, 0.05) is 0 Å². The molecule has 6 atom stereocenters. The molecule has 3 unspecified atom stereocenters. The van der Waals surface area contributed by atoms with Crippen LogP contribution in [0.4, 0.5) is 0 Å². The molecule has 4 rings (SSSR count). The van der Waals surface area contributed by atoms with Crippen LogP contribution in [0, 0.1) is 0 Å². The summed E-state index contributed by atoms with van der Waals surface area (Å²) < 4.78 is 20.0. The molecule has 4 N–H and O–H groups in total. The maximum atomic E-state index is 11.2. The predicted octanol–water partition coefficient (Wildman–Crippen LogP) is 0.541. The lowest BCUT2D eigenvalue weighted by atomic mass is 9.84. The summed E-state index contributed by atoms with van der Waals surface area (Å²) in [6.07, 6.45) is 2.16. The molecular formula is C44H70N2O12. The van der Waals surface area contributed by atoms with Gasteiger partial charge < -0.3 is 58.8 Å². The van der Waals surface area contributed by atoms with Gasteiger partial charge in [0.1, 0.15) is 35.5 Å². The number of carbonyl (C=O) groups is 4. The molecule has 0 bridgehead atoms. The van der Waals surface area contributed by atoms with Gasteiger partial charge in [-0.25, -0.2) is 0 Å². The van der Waals surface area contributed by atoms with E-state index in [2.05, 4.69) is 37.7 Å². The number of aliphatic carboxylic acids is 2. The summed E-state index contributed by atoms with van der Waals surface area (Å²) in [4.78, 5) is 47.3. The minimum atomic E-state index is -1.53. The molecule has 328 valence electrons. The number of aliphatic hydroxyl groups excluding tert-OH is 2. The number of carbonyl (C=O) groups excluding carboxylic acids is 4. The summed E-state index contributed by atoms with van der Waals surface area (Å²) >= 11 is 0. The highest BCUT2D eigenvalue weighted by atomic mass is 16.6. The molecule has 2 heterocycles. The molecule has 2 aromatic rings. The average Bonchev–Trinajstić information content (AvgIpc) is 3.17. The van der Waals surface area contributed by atoms with Crippen LogP contribution in [0.1, 0.15) is 116 Å². The van der Waals surface area contributed by atoms with E-state index in [1.807, 2.05) is 74.5 Å². The van der Waals surface area contributed by atoms with Crippen LogP contribution in [0.3, 0.4) is 0 Å². The van der Waals surface area contributed by atoms with Crippen LogP contribution in [-0.2, 0) is 38.1 Å². The van der Waals surface area contributed by atoms with Crippen molar-refractivity contribution in [1.29, 1.82) is 0 Å². The highest BCUT2D eigenvalue weighted by Crippen LogP contribution is 2.38. The third-order valence-electron chi connectivity index (χ3n) is 10.8. The Morgan fingerprint density at radius 2 is 0.914 bits per heavy atom. The second-order valence-corrected chi connectivity index (χ2v) is 16.9. The van der Waals surface area contributed by atoms with E-state index >= 15 is 0 Å². The largest absolute Gasteiger partial charge is 0.547 e. The summed E-state index contributed by atoms with van der Waals surface area (Å²) in [5, 5.41) is 42.2. The van der Waals surface area contributed by atoms with Gasteiger partial charge in [-0.1, -0.05) is 60.7 Å². The molecule has 2 aliphatic rings. The number of methoxy groups -OCH3 is 2. The highest BCUT2D eigenvalue weighted by molar-refractivity contribution is 5.84. The van der Waals surface area contributed by atoms with Crippen LogP contribution in [-0.4, -0.2) is 111 Å². The summed E-state index contributed by atoms with van der Waals surface area (Å²) in [5.41, 5.74) is -2.17. The molecule has 2 aliphatic heterocycles. The quantitative estimate of drug-likeness (QED) is 0.217. The number of likely N-dealkylation sites (N-methyl/N-ethyl adjacent to an activating group) is 2. The lowest BCUT2D eigenvalue weighted by Crippen LogP contribution is -3.10. The molecule has 58 heavy (non-hydrogen) atoms. The maximum absolute atomic E-state index is 11.2. The van der Waals surface area contributed by atoms with Crippen molar-refractivity contribution in [2.45, 2.75) is 140 Å². The Morgan fingerprint density at radius 3 is 1.14 bits per heavy atom. The van der Waals surface area contributed by atoms with Crippen LogP contribution in [0.5, 0.6) is 0 Å². The second kappa shape index (κ2) is 23.6. The van der Waals surface area contributed by atoms with Crippen molar-refractivity contribution in [3.63, 3.8) is 0 Å². The van der Waals surface area contributed by atoms with Gasteiger partial charge >= 0.3 is 11.9 Å². The maximum Gasteiger partial charge on any atom is 0.308 e. The van der Waals surface area contributed by atoms with E-state index in [4.69, 9.17) is 9.47 Å². The van der Waals surface area contributed by atoms with E-state index in [0.717, 1.165) is 24.0 Å². The Kier molecular flexibility index (Phi) is 21.2. The molecule has 2 saturated heterocycles. The molecule has 0 aromatic heterocycles. The lowest BCUT2D eigenvalue weighted by Gasteiger charge is -2.45. The standard InChI is InChI=1S/2C11H17NO.2C11H18O5/c2*1-9(12(2)3)11(13)10-7-5-4-6-8-10;2*1-10(2)5-4-6-11(16-10,9(13)14)7-8(12)15-3/h2*4-9,11,13H,1-3H3;2*4-7H2,1-3H3,(H,13,14)/t2*9-,11?;11-;/m111./s1. The Bertz CT molecular complexity index is 1440. The van der Waals surface area contributed by atoms with Crippen molar-refractivity contribution in [3.05, 3.63) is 71.8 Å². The van der Waals surface area contributed by atoms with Gasteiger partial charge in [0.15, 0.2) is 0 Å². The van der Waals surface area contributed by atoms with Crippen LogP contribution < -0.4 is 20.0 Å². The van der Waals surface area contributed by atoms with Crippen LogP contribution in [0.2, 0.25) is 0 Å². The number of aliphatic hydroxyl groups is 2. The Hall–Kier alpha value is -3.92. The normalized spacial score (nSPS) is 22.8. The zero-order valence-corrected chi connectivity index (χ0v) is 36.7. The van der Waals surface area contributed by atoms with E-state index < -0.39 is 46.3 Å². The zero-order valence-electron chi connectivity index (χ0n) is 36.7. The topological polar surface area (TPSA) is 201 Å². The van der Waals surface area contributed by atoms with Crippen molar-refractivity contribution in [1.82, 2.24) is 0 Å². The highest BCUT2D eigenvalue weighted by Gasteiger charge is 2.45. The van der Waals surface area contributed by atoms with Crippen molar-refractivity contribution in [2.75, 3.05) is 42.4 Å². The van der Waals surface area contributed by atoms with E-state index in [-0.39, 0.29) is 50.0 Å². The number of esters is 2. The molecule has 14 heteroatoms. The van der Waals surface area contributed by atoms with Crippen molar-refractivity contribution in [2.24, 2.45) is 0 Å². The third-order valence-corrected chi connectivity index (χ3v) is 10.8. The number of ether oxygens (including phenoxy) is 4. The van der Waals surface area contributed by atoms with Crippen LogP contribution >= 0.6 is 0 Å². The molecule has 0 saturated carbocycles. The molecule has 2 fully saturated rings. The first kappa shape index (κ1) is 52.1. The first-order chi connectivity index (χ1) is 26.9. The minimum Gasteiger partial charge on any atom is -0.547 e. The van der Waals surface area contributed by atoms with Gasteiger partial charge in [-0.3, -0.25) is 9.59 Å². The monoisotopic (exact) mass is 818 g/mol. The average molecular weight is 819 g/mol. The van der Waals surface area contributed by atoms with E-state index in [1.54, 1.807) is 27.7 Å². The molecule has 0 spiro atoms. The number of hydrogen-bond acceptors (Lipinski definition) is 12. The summed E-state index contributed by atoms with van der Waals surface area (Å²) in [7, 11) is 10.7. The first-order valence-corrected chi connectivity index (χ1v) is 19.9. The van der Waals surface area contributed by atoms with Crippen molar-refractivity contribution >= 4 is 23.9 Å². The number of quaternary nitrogens is 2. The SMILES string of the molecule is COC(=O)CC1(C(=O)[O-])CCCC(C)(C)O1.COC(=O)C[C@@]1(C(=O)[O-])CCCC(C)(C)O1.C[C@H](C(O)c1ccccc1)[NH+](C)C.C[C@H](C(O)c1ccccc1)[NH+](C)C. The van der Waals surface area contributed by atoms with Crippen LogP contribution in [0.25, 0.3) is 0 Å². The van der Waals surface area contributed by atoms with E-state index in [0.29, 0.717) is 12.8 Å². The number of carboxylic acid groups (broad SMARTS) is 2. The Labute approximate surface area is 345 Å². The van der Waals surface area contributed by atoms with E-state index in [1.165, 1.54) is 24.0 Å². The van der Waals surface area contributed by atoms with Gasteiger partial charge in [-0.2, -0.15) is 0 Å². The number of carboxylic acids is 2. The first-order valence-electron chi connectivity index (χ1n) is 19.9. The fourth-order valence-corrected chi connectivity index (χ4v) is 6.66. The Morgan fingerprint density at radius 1 is 0.621 bits per heavy atom. The molecule has 14 nitrogen and oxygen atoms in total. The molecule has 0 radical (unpaired) electrons. The molecule has 2 aromatic carbocycles. The van der Waals surface area contributed by atoms with Crippen molar-refractivity contribution in [3.8, 4) is 0 Å². The van der Waals surface area contributed by atoms with Gasteiger partial charge in [0.05, 0.1) is 78.4 Å². The fraction of sp³-hybridized carbons (Fsp3) is 0.636. The number of benzene rings is 2. The fourth-order valence-electron chi connectivity index (χ4n) is 6.66. The van der Waals surface area contributed by atoms with Crippen LogP contribution in [0.15, 0.2) is 60.7 Å². The van der Waals surface area contributed by atoms with Gasteiger partial charge in [0.2, 0.25) is 0 Å². The smallest absolute Gasteiger partial charge is 0.308 e. The molecule has 0 amide bonds. The van der Waals surface area contributed by atoms with Gasteiger partial charge in [0.25, 0.3) is 0 Å². The van der Waals surface area contributed by atoms with Gasteiger partial charge in [-0.15, -0.1) is 0 Å².